The molecule has 5 nitrogen and oxygen atoms in total. The van der Waals surface area contributed by atoms with Crippen molar-refractivity contribution >= 4 is 11.8 Å². The zero-order valence-electron chi connectivity index (χ0n) is 10.6. The molecule has 1 fully saturated rings. The zero-order chi connectivity index (χ0) is 13.1. The van der Waals surface area contributed by atoms with Gasteiger partial charge in [0.25, 0.3) is 5.88 Å². The van der Waals surface area contributed by atoms with Gasteiger partial charge >= 0.3 is 0 Å². The van der Waals surface area contributed by atoms with Crippen LogP contribution in [0.2, 0.25) is 0 Å². The van der Waals surface area contributed by atoms with Gasteiger partial charge in [-0.25, -0.2) is 4.68 Å². The highest BCUT2D eigenvalue weighted by Gasteiger charge is 2.18. The Hall–Kier alpha value is -1.53. The summed E-state index contributed by atoms with van der Waals surface area (Å²) in [6.07, 6.45) is 0. The Balaban J connectivity index is 1.86. The quantitative estimate of drug-likeness (QED) is 0.921. The third-order valence-electron chi connectivity index (χ3n) is 3.22. The molecule has 3 rings (SSSR count). The van der Waals surface area contributed by atoms with E-state index >= 15 is 0 Å². The van der Waals surface area contributed by atoms with Crippen molar-refractivity contribution in [3.63, 3.8) is 0 Å². The third-order valence-corrected chi connectivity index (χ3v) is 4.16. The molecule has 0 atom stereocenters. The summed E-state index contributed by atoms with van der Waals surface area (Å²) < 4.78 is 1.72. The van der Waals surface area contributed by atoms with Gasteiger partial charge in [-0.2, -0.15) is 11.8 Å². The Labute approximate surface area is 116 Å². The lowest BCUT2D eigenvalue weighted by Gasteiger charge is -2.25. The number of aromatic hydroxyl groups is 1. The van der Waals surface area contributed by atoms with E-state index in [4.69, 9.17) is 0 Å². The number of para-hydroxylation sites is 1. The molecular formula is C13H16N4OS. The standard InChI is InChI=1S/C13H16N4OS/c18-13-12(10-16-6-8-19-9-7-16)17(15-14-13)11-4-2-1-3-5-11/h1-5,18H,6-10H2. The van der Waals surface area contributed by atoms with Crippen LogP contribution < -0.4 is 0 Å². The highest BCUT2D eigenvalue weighted by atomic mass is 32.2. The maximum atomic E-state index is 9.90. The second-order valence-corrected chi connectivity index (χ2v) is 5.72. The average Bonchev–Trinajstić information content (AvgIpc) is 2.82. The van der Waals surface area contributed by atoms with Gasteiger partial charge in [-0.1, -0.05) is 28.5 Å². The van der Waals surface area contributed by atoms with Gasteiger partial charge in [0, 0.05) is 31.1 Å². The van der Waals surface area contributed by atoms with Crippen molar-refractivity contribution in [2.45, 2.75) is 6.54 Å². The van der Waals surface area contributed by atoms with E-state index in [1.807, 2.05) is 42.1 Å². The summed E-state index contributed by atoms with van der Waals surface area (Å²) in [5, 5.41) is 17.7. The molecule has 0 radical (unpaired) electrons. The number of nitrogens with zero attached hydrogens (tertiary/aromatic N) is 4. The second-order valence-electron chi connectivity index (χ2n) is 4.50. The highest BCUT2D eigenvalue weighted by molar-refractivity contribution is 7.99. The minimum absolute atomic E-state index is 0.0297. The molecule has 1 aliphatic heterocycles. The summed E-state index contributed by atoms with van der Waals surface area (Å²) in [6, 6.07) is 9.79. The van der Waals surface area contributed by atoms with E-state index < -0.39 is 0 Å². The Morgan fingerprint density at radius 3 is 2.63 bits per heavy atom. The fourth-order valence-corrected chi connectivity index (χ4v) is 3.16. The van der Waals surface area contributed by atoms with Crippen molar-refractivity contribution in [2.24, 2.45) is 0 Å². The Bertz CT molecular complexity index is 537. The molecule has 19 heavy (non-hydrogen) atoms. The van der Waals surface area contributed by atoms with Crippen LogP contribution in [0.5, 0.6) is 5.88 Å². The molecule has 0 saturated carbocycles. The molecule has 2 heterocycles. The molecule has 100 valence electrons. The largest absolute Gasteiger partial charge is 0.491 e. The second kappa shape index (κ2) is 5.63. The molecular weight excluding hydrogens is 260 g/mol. The summed E-state index contributed by atoms with van der Waals surface area (Å²) in [5.74, 6) is 2.32. The number of aromatic nitrogens is 3. The van der Waals surface area contributed by atoms with Crippen molar-refractivity contribution in [3.05, 3.63) is 36.0 Å². The van der Waals surface area contributed by atoms with E-state index in [-0.39, 0.29) is 5.88 Å². The summed E-state index contributed by atoms with van der Waals surface area (Å²) in [7, 11) is 0. The number of benzene rings is 1. The average molecular weight is 276 g/mol. The molecule has 0 spiro atoms. The molecule has 1 aliphatic rings. The predicted octanol–water partition coefficient (Wildman–Crippen LogP) is 1.52. The van der Waals surface area contributed by atoms with Crippen molar-refractivity contribution in [3.8, 4) is 11.6 Å². The molecule has 2 aromatic rings. The Kier molecular flexibility index (Phi) is 3.70. The summed E-state index contributed by atoms with van der Waals surface area (Å²) in [4.78, 5) is 2.33. The van der Waals surface area contributed by atoms with Gasteiger partial charge in [0.2, 0.25) is 0 Å². The first-order chi connectivity index (χ1) is 9.34. The van der Waals surface area contributed by atoms with Crippen molar-refractivity contribution in [2.75, 3.05) is 24.6 Å². The Morgan fingerprint density at radius 2 is 1.89 bits per heavy atom. The third kappa shape index (κ3) is 2.74. The monoisotopic (exact) mass is 276 g/mol. The lowest BCUT2D eigenvalue weighted by molar-refractivity contribution is 0.283. The summed E-state index contributed by atoms with van der Waals surface area (Å²) >= 11 is 1.97. The number of thioether (sulfide) groups is 1. The van der Waals surface area contributed by atoms with Crippen LogP contribution in [0.1, 0.15) is 5.69 Å². The van der Waals surface area contributed by atoms with Gasteiger partial charge in [0.1, 0.15) is 5.69 Å². The molecule has 1 aromatic heterocycles. The van der Waals surface area contributed by atoms with E-state index in [1.165, 1.54) is 0 Å². The minimum atomic E-state index is 0.0297. The molecule has 1 aromatic carbocycles. The molecule has 1 saturated heterocycles. The molecule has 0 aliphatic carbocycles. The van der Waals surface area contributed by atoms with Gasteiger partial charge in [0.05, 0.1) is 5.69 Å². The molecule has 1 N–H and O–H groups in total. The van der Waals surface area contributed by atoms with Crippen molar-refractivity contribution in [1.82, 2.24) is 19.9 Å². The first-order valence-electron chi connectivity index (χ1n) is 6.33. The maximum Gasteiger partial charge on any atom is 0.256 e. The summed E-state index contributed by atoms with van der Waals surface area (Å²) in [5.41, 5.74) is 1.69. The highest BCUT2D eigenvalue weighted by Crippen LogP contribution is 2.21. The van der Waals surface area contributed by atoms with Crippen LogP contribution >= 0.6 is 11.8 Å². The van der Waals surface area contributed by atoms with Crippen LogP contribution in [-0.4, -0.2) is 49.6 Å². The molecule has 0 unspecified atom stereocenters. The van der Waals surface area contributed by atoms with Crippen molar-refractivity contribution < 1.29 is 5.11 Å². The Morgan fingerprint density at radius 1 is 1.16 bits per heavy atom. The first kappa shape index (κ1) is 12.5. The van der Waals surface area contributed by atoms with Crippen molar-refractivity contribution in [1.29, 1.82) is 0 Å². The fourth-order valence-electron chi connectivity index (χ4n) is 2.18. The van der Waals surface area contributed by atoms with Crippen LogP contribution in [-0.2, 0) is 6.54 Å². The zero-order valence-corrected chi connectivity index (χ0v) is 11.4. The maximum absolute atomic E-state index is 9.90. The van der Waals surface area contributed by atoms with Crippen LogP contribution in [0.15, 0.2) is 30.3 Å². The van der Waals surface area contributed by atoms with Crippen LogP contribution in [0.4, 0.5) is 0 Å². The van der Waals surface area contributed by atoms with Gasteiger partial charge in [-0.3, -0.25) is 4.90 Å². The lowest BCUT2D eigenvalue weighted by Crippen LogP contribution is -2.32. The lowest BCUT2D eigenvalue weighted by atomic mass is 10.3. The first-order valence-corrected chi connectivity index (χ1v) is 7.49. The summed E-state index contributed by atoms with van der Waals surface area (Å²) in [6.45, 7) is 2.78. The van der Waals surface area contributed by atoms with Crippen LogP contribution in [0.25, 0.3) is 5.69 Å². The minimum Gasteiger partial charge on any atom is -0.491 e. The van der Waals surface area contributed by atoms with E-state index in [1.54, 1.807) is 4.68 Å². The molecule has 0 bridgehead atoms. The van der Waals surface area contributed by atoms with Gasteiger partial charge in [-0.05, 0) is 12.1 Å². The predicted molar refractivity (Wildman–Crippen MR) is 75.6 cm³/mol. The smallest absolute Gasteiger partial charge is 0.256 e. The topological polar surface area (TPSA) is 54.2 Å². The number of hydrogen-bond donors (Lipinski definition) is 1. The van der Waals surface area contributed by atoms with Gasteiger partial charge < -0.3 is 5.11 Å². The number of hydrogen-bond acceptors (Lipinski definition) is 5. The van der Waals surface area contributed by atoms with E-state index in [0.29, 0.717) is 6.54 Å². The fraction of sp³-hybridized carbons (Fsp3) is 0.385. The number of rotatable bonds is 3. The normalized spacial score (nSPS) is 16.6. The molecule has 6 heteroatoms. The van der Waals surface area contributed by atoms with Gasteiger partial charge in [0.15, 0.2) is 0 Å². The SMILES string of the molecule is Oc1nnn(-c2ccccc2)c1CN1CCSCC1. The van der Waals surface area contributed by atoms with Crippen LogP contribution in [0.3, 0.4) is 0 Å². The van der Waals surface area contributed by atoms with E-state index in [0.717, 1.165) is 36.0 Å². The van der Waals surface area contributed by atoms with E-state index in [9.17, 15) is 5.11 Å². The molecule has 0 amide bonds. The van der Waals surface area contributed by atoms with Gasteiger partial charge in [-0.15, -0.1) is 0 Å². The van der Waals surface area contributed by atoms with Crippen LogP contribution in [0, 0.1) is 0 Å². The van der Waals surface area contributed by atoms with E-state index in [2.05, 4.69) is 15.2 Å².